The summed E-state index contributed by atoms with van der Waals surface area (Å²) in [6.45, 7) is 1.76. The first-order chi connectivity index (χ1) is 27.3. The molecule has 12 N–H and O–H groups in total. The lowest BCUT2D eigenvalue weighted by atomic mass is 9.95. The first-order valence-electron chi connectivity index (χ1n) is 19.9. The lowest BCUT2D eigenvalue weighted by Crippen LogP contribution is -2.68. The van der Waals surface area contributed by atoms with Gasteiger partial charge in [-0.3, -0.25) is 14.4 Å². The van der Waals surface area contributed by atoms with Crippen molar-refractivity contribution >= 4 is 17.7 Å². The van der Waals surface area contributed by atoms with Crippen LogP contribution in [0.3, 0.4) is 0 Å². The second kappa shape index (κ2) is 25.4. The Morgan fingerprint density at radius 2 is 1.09 bits per heavy atom. The molecule has 21 nitrogen and oxygen atoms in total. The molecule has 3 saturated heterocycles. The summed E-state index contributed by atoms with van der Waals surface area (Å²) in [5.41, 5.74) is 0. The second-order valence-electron chi connectivity index (χ2n) is 14.6. The number of carbonyl (C=O) groups excluding carboxylic acids is 3. The highest BCUT2D eigenvalue weighted by Crippen LogP contribution is 2.33. The summed E-state index contributed by atoms with van der Waals surface area (Å²) >= 11 is 0. The number of hydrogen-bond donors (Lipinski definition) is 12. The fraction of sp³-hybridized carbons (Fsp3) is 0.917. The van der Waals surface area contributed by atoms with E-state index in [0.29, 0.717) is 32.2 Å². The molecule has 0 aromatic carbocycles. The molecule has 0 radical (unpaired) electrons. The van der Waals surface area contributed by atoms with Crippen molar-refractivity contribution in [2.24, 2.45) is 0 Å². The molecule has 3 aliphatic rings. The third-order valence-electron chi connectivity index (χ3n) is 10.1. The Morgan fingerprint density at radius 3 is 1.67 bits per heavy atom. The monoisotopic (exact) mass is 827 g/mol. The van der Waals surface area contributed by atoms with Crippen LogP contribution in [0.15, 0.2) is 0 Å². The third-order valence-corrected chi connectivity index (χ3v) is 10.1. The smallest absolute Gasteiger partial charge is 0.219 e. The molecule has 332 valence electrons. The van der Waals surface area contributed by atoms with E-state index in [1.54, 1.807) is 0 Å². The summed E-state index contributed by atoms with van der Waals surface area (Å²) in [5, 5.41) is 102. The zero-order valence-electron chi connectivity index (χ0n) is 32.7. The first kappa shape index (κ1) is 49.2. The Morgan fingerprint density at radius 1 is 0.561 bits per heavy atom. The number of carbonyl (C=O) groups is 3. The van der Waals surface area contributed by atoms with Gasteiger partial charge in [0.1, 0.15) is 73.2 Å². The Hall–Kier alpha value is -2.19. The summed E-state index contributed by atoms with van der Waals surface area (Å²) < 4.78 is 34.0. The minimum absolute atomic E-state index is 0.00700. The van der Waals surface area contributed by atoms with Gasteiger partial charge in [-0.1, -0.05) is 32.6 Å². The molecular weight excluding hydrogens is 762 g/mol. The van der Waals surface area contributed by atoms with Crippen LogP contribution in [-0.2, 0) is 42.8 Å². The van der Waals surface area contributed by atoms with Gasteiger partial charge in [0, 0.05) is 32.9 Å². The fourth-order valence-corrected chi connectivity index (χ4v) is 6.79. The molecule has 0 spiro atoms. The maximum absolute atomic E-state index is 12.3. The SMILES string of the molecule is CCCCCCC(=O)NCCCCCC(=O)NCCCO[C@@H]1OC(CO)[C@@H](O[C@@H]2OC(CO)[C@H](O)[C@H](O[C@H]3OC(CO)[C@H](O)[C@H](O)C3O)C2O)[C@H](O)C1NC(C)=O. The van der Waals surface area contributed by atoms with Gasteiger partial charge in [-0.05, 0) is 25.7 Å². The van der Waals surface area contributed by atoms with Crippen LogP contribution in [-0.4, -0.2) is 195 Å². The van der Waals surface area contributed by atoms with Crippen LogP contribution in [0.5, 0.6) is 0 Å². The Labute approximate surface area is 331 Å². The molecule has 3 aliphatic heterocycles. The van der Waals surface area contributed by atoms with Crippen molar-refractivity contribution < 1.29 is 88.8 Å². The molecule has 0 saturated carbocycles. The van der Waals surface area contributed by atoms with Crippen molar-refractivity contribution in [1.29, 1.82) is 0 Å². The molecule has 21 heteroatoms. The van der Waals surface area contributed by atoms with Gasteiger partial charge in [0.05, 0.1) is 26.4 Å². The summed E-state index contributed by atoms with van der Waals surface area (Å²) in [6, 6.07) is -1.28. The Bertz CT molecular complexity index is 1190. The highest BCUT2D eigenvalue weighted by molar-refractivity contribution is 5.76. The van der Waals surface area contributed by atoms with Crippen molar-refractivity contribution in [3.8, 4) is 0 Å². The largest absolute Gasteiger partial charge is 0.394 e. The average Bonchev–Trinajstić information content (AvgIpc) is 3.18. The highest BCUT2D eigenvalue weighted by Gasteiger charge is 2.54. The number of rotatable bonds is 24. The molecule has 0 aliphatic carbocycles. The Balaban J connectivity index is 1.50. The van der Waals surface area contributed by atoms with Crippen molar-refractivity contribution in [2.45, 2.75) is 170 Å². The van der Waals surface area contributed by atoms with Crippen LogP contribution in [0, 0.1) is 0 Å². The summed E-state index contributed by atoms with van der Waals surface area (Å²) in [6.07, 6.45) is -15.7. The molecule has 57 heavy (non-hydrogen) atoms. The van der Waals surface area contributed by atoms with E-state index in [0.717, 1.165) is 38.5 Å². The average molecular weight is 828 g/mol. The quantitative estimate of drug-likeness (QED) is 0.0410. The lowest BCUT2D eigenvalue weighted by molar-refractivity contribution is -0.376. The number of aliphatic hydroxyl groups excluding tert-OH is 9. The van der Waals surface area contributed by atoms with E-state index in [2.05, 4.69) is 22.9 Å². The number of nitrogens with one attached hydrogen (secondary N) is 3. The number of aliphatic hydroxyl groups is 9. The standard InChI is InChI=1S/C36H65N3O18/c1-3-4-5-7-11-23(44)37-13-9-6-8-12-24(45)38-14-10-15-52-34-25(39-19(2)43)28(48)32(22(18-42)55-34)56-36-31(51)33(27(47)21(17-41)54-36)57-35-30(50)29(49)26(46)20(16-40)53-35/h20-22,25-36,40-42,46-51H,3-18H2,1-2H3,(H,37,44)(H,38,45)(H,39,43)/t20?,21?,22?,25?,26-,27-,28+,29-,30?,31?,32+,33-,34+,35+,36-/m0/s1. The molecular formula is C36H65N3O18. The van der Waals surface area contributed by atoms with Crippen LogP contribution >= 0.6 is 0 Å². The van der Waals surface area contributed by atoms with E-state index < -0.39 is 118 Å². The summed E-state index contributed by atoms with van der Waals surface area (Å²) in [4.78, 5) is 36.3. The van der Waals surface area contributed by atoms with Gasteiger partial charge in [-0.2, -0.15) is 0 Å². The van der Waals surface area contributed by atoms with Crippen LogP contribution in [0.25, 0.3) is 0 Å². The molecule has 3 fully saturated rings. The predicted octanol–water partition coefficient (Wildman–Crippen LogP) is -4.25. The number of amides is 3. The first-order valence-corrected chi connectivity index (χ1v) is 19.9. The van der Waals surface area contributed by atoms with Crippen molar-refractivity contribution in [1.82, 2.24) is 16.0 Å². The lowest BCUT2D eigenvalue weighted by Gasteiger charge is -2.48. The van der Waals surface area contributed by atoms with Crippen molar-refractivity contribution in [3.05, 3.63) is 0 Å². The topological polar surface area (TPSA) is 325 Å². The molecule has 3 rings (SSSR count). The van der Waals surface area contributed by atoms with Gasteiger partial charge in [0.2, 0.25) is 17.7 Å². The van der Waals surface area contributed by atoms with Crippen LogP contribution in [0.4, 0.5) is 0 Å². The number of unbranched alkanes of at least 4 members (excludes halogenated alkanes) is 5. The minimum Gasteiger partial charge on any atom is -0.394 e. The van der Waals surface area contributed by atoms with Gasteiger partial charge in [0.25, 0.3) is 0 Å². The van der Waals surface area contributed by atoms with Gasteiger partial charge < -0.3 is 90.3 Å². The molecule has 0 aromatic heterocycles. The number of hydrogen-bond acceptors (Lipinski definition) is 18. The van der Waals surface area contributed by atoms with E-state index in [1.807, 2.05) is 0 Å². The van der Waals surface area contributed by atoms with E-state index >= 15 is 0 Å². The van der Waals surface area contributed by atoms with Crippen LogP contribution in [0.1, 0.15) is 78.1 Å². The van der Waals surface area contributed by atoms with Crippen molar-refractivity contribution in [3.63, 3.8) is 0 Å². The summed E-state index contributed by atoms with van der Waals surface area (Å²) in [7, 11) is 0. The highest BCUT2D eigenvalue weighted by atomic mass is 16.8. The summed E-state index contributed by atoms with van der Waals surface area (Å²) in [5.74, 6) is -0.687. The van der Waals surface area contributed by atoms with E-state index in [-0.39, 0.29) is 25.0 Å². The third kappa shape index (κ3) is 14.8. The van der Waals surface area contributed by atoms with Gasteiger partial charge in [-0.15, -0.1) is 0 Å². The zero-order valence-corrected chi connectivity index (χ0v) is 32.7. The van der Waals surface area contributed by atoms with Gasteiger partial charge in [0.15, 0.2) is 18.9 Å². The van der Waals surface area contributed by atoms with E-state index in [9.17, 15) is 60.3 Å². The minimum atomic E-state index is -1.94. The van der Waals surface area contributed by atoms with Gasteiger partial charge in [-0.25, -0.2) is 0 Å². The molecule has 0 aromatic rings. The molecule has 3 amide bonds. The maximum Gasteiger partial charge on any atom is 0.219 e. The second-order valence-corrected chi connectivity index (χ2v) is 14.6. The molecule has 3 heterocycles. The number of ether oxygens (including phenoxy) is 6. The normalized spacial score (nSPS) is 35.7. The zero-order chi connectivity index (χ0) is 42.1. The van der Waals surface area contributed by atoms with E-state index in [4.69, 9.17) is 28.4 Å². The van der Waals surface area contributed by atoms with Crippen LogP contribution in [0.2, 0.25) is 0 Å². The maximum atomic E-state index is 12.3. The Kier molecular flexibility index (Phi) is 21.9. The van der Waals surface area contributed by atoms with Crippen LogP contribution < -0.4 is 16.0 Å². The molecule has 6 unspecified atom stereocenters. The fourth-order valence-electron chi connectivity index (χ4n) is 6.79. The van der Waals surface area contributed by atoms with E-state index in [1.165, 1.54) is 6.92 Å². The molecule has 15 atom stereocenters. The molecule has 0 bridgehead atoms. The van der Waals surface area contributed by atoms with Gasteiger partial charge >= 0.3 is 0 Å². The predicted molar refractivity (Wildman–Crippen MR) is 194 cm³/mol. The van der Waals surface area contributed by atoms with Crippen molar-refractivity contribution in [2.75, 3.05) is 39.5 Å².